The molecule has 1 heterocycles. The van der Waals surface area contributed by atoms with Crippen LogP contribution < -0.4 is 4.74 Å². The predicted molar refractivity (Wildman–Crippen MR) is 55.5 cm³/mol. The maximum Gasteiger partial charge on any atom is 0.232 e. The average Bonchev–Trinajstić information content (AvgIpc) is 3.12. The monoisotopic (exact) mass is 204 g/mol. The molecule has 0 bridgehead atoms. The number of ether oxygens (including phenoxy) is 1. The van der Waals surface area contributed by atoms with Crippen LogP contribution in [0.1, 0.15) is 25.7 Å². The third-order valence-corrected chi connectivity index (χ3v) is 4.91. The Morgan fingerprint density at radius 1 is 1.40 bits per heavy atom. The van der Waals surface area contributed by atoms with Crippen LogP contribution in [0.2, 0.25) is 0 Å². The van der Waals surface area contributed by atoms with Crippen molar-refractivity contribution in [2.45, 2.75) is 25.7 Å². The van der Waals surface area contributed by atoms with Crippen molar-refractivity contribution >= 4 is 0 Å². The zero-order chi connectivity index (χ0) is 10.1. The lowest BCUT2D eigenvalue weighted by atomic mass is 10.3. The maximum absolute atomic E-state index is 5.77. The van der Waals surface area contributed by atoms with Crippen LogP contribution in [0.15, 0.2) is 12.3 Å². The largest absolute Gasteiger partial charge is 0.476 e. The van der Waals surface area contributed by atoms with Crippen molar-refractivity contribution < 1.29 is 4.74 Å². The molecule has 3 aliphatic rings. The van der Waals surface area contributed by atoms with Crippen LogP contribution in [0.25, 0.3) is 0 Å². The molecule has 0 N–H and O–H groups in total. The number of rotatable bonds is 3. The number of aromatic nitrogens is 2. The molecule has 0 aromatic carbocycles. The van der Waals surface area contributed by atoms with Crippen molar-refractivity contribution in [3.05, 3.63) is 12.3 Å². The molecule has 3 aliphatic carbocycles. The second kappa shape index (κ2) is 2.23. The third kappa shape index (κ3) is 0.894. The van der Waals surface area contributed by atoms with Gasteiger partial charge in [0.05, 0.1) is 6.61 Å². The molecule has 3 heteroatoms. The Kier molecular flexibility index (Phi) is 1.22. The molecular weight excluding hydrogens is 188 g/mol. The van der Waals surface area contributed by atoms with Crippen LogP contribution in [0.3, 0.4) is 0 Å². The summed E-state index contributed by atoms with van der Waals surface area (Å²) in [5.41, 5.74) is 1.50. The van der Waals surface area contributed by atoms with E-state index in [1.807, 2.05) is 19.3 Å². The Labute approximate surface area is 89.4 Å². The summed E-state index contributed by atoms with van der Waals surface area (Å²) < 4.78 is 7.56. The first kappa shape index (κ1) is 8.20. The summed E-state index contributed by atoms with van der Waals surface area (Å²) in [4.78, 5) is 0. The van der Waals surface area contributed by atoms with Gasteiger partial charge in [-0.15, -0.1) is 5.10 Å². The van der Waals surface area contributed by atoms with Gasteiger partial charge in [-0.05, 0) is 36.5 Å². The van der Waals surface area contributed by atoms with Crippen LogP contribution in [0.4, 0.5) is 0 Å². The van der Waals surface area contributed by atoms with Gasteiger partial charge in [-0.2, -0.15) is 0 Å². The van der Waals surface area contributed by atoms with Gasteiger partial charge in [-0.25, -0.2) is 0 Å². The summed E-state index contributed by atoms with van der Waals surface area (Å²) in [5.74, 6) is 1.64. The van der Waals surface area contributed by atoms with E-state index in [1.54, 1.807) is 4.68 Å². The molecule has 3 nitrogen and oxygen atoms in total. The van der Waals surface area contributed by atoms with Crippen LogP contribution in [-0.4, -0.2) is 16.4 Å². The van der Waals surface area contributed by atoms with Crippen LogP contribution >= 0.6 is 0 Å². The molecule has 15 heavy (non-hydrogen) atoms. The topological polar surface area (TPSA) is 27.1 Å². The number of hydrogen-bond acceptors (Lipinski definition) is 2. The predicted octanol–water partition coefficient (Wildman–Crippen LogP) is 1.99. The Balaban J connectivity index is 1.42. The van der Waals surface area contributed by atoms with Gasteiger partial charge >= 0.3 is 0 Å². The summed E-state index contributed by atoms with van der Waals surface area (Å²) in [5, 5.41) is 4.24. The van der Waals surface area contributed by atoms with Gasteiger partial charge in [-0.1, -0.05) is 0 Å². The van der Waals surface area contributed by atoms with Crippen molar-refractivity contribution in [3.8, 4) is 5.88 Å². The number of aryl methyl sites for hydroxylation is 1. The van der Waals surface area contributed by atoms with Crippen molar-refractivity contribution in [1.29, 1.82) is 0 Å². The molecule has 0 amide bonds. The molecule has 1 aromatic heterocycles. The maximum atomic E-state index is 5.77. The Morgan fingerprint density at radius 3 is 2.53 bits per heavy atom. The number of fused-ring (bicyclic) bond motifs is 1. The molecule has 0 atom stereocenters. The van der Waals surface area contributed by atoms with E-state index in [1.165, 1.54) is 25.7 Å². The second-order valence-corrected chi connectivity index (χ2v) is 5.50. The normalized spacial score (nSPS) is 28.3. The fourth-order valence-electron chi connectivity index (χ4n) is 3.76. The number of nitrogens with zero attached hydrogens (tertiary/aromatic N) is 2. The molecule has 0 radical (unpaired) electrons. The van der Waals surface area contributed by atoms with Gasteiger partial charge in [-0.3, -0.25) is 4.68 Å². The van der Waals surface area contributed by atoms with Gasteiger partial charge in [0, 0.05) is 25.2 Å². The van der Waals surface area contributed by atoms with E-state index in [9.17, 15) is 0 Å². The summed E-state index contributed by atoms with van der Waals surface area (Å²) in [7, 11) is 1.93. The highest BCUT2D eigenvalue weighted by atomic mass is 16.5. The van der Waals surface area contributed by atoms with Crippen LogP contribution in [-0.2, 0) is 7.05 Å². The Hall–Kier alpha value is -0.990. The third-order valence-electron chi connectivity index (χ3n) is 4.91. The molecule has 4 rings (SSSR count). The summed E-state index contributed by atoms with van der Waals surface area (Å²) in [6.07, 6.45) is 7.78. The molecule has 3 fully saturated rings. The minimum atomic E-state index is 0.752. The minimum absolute atomic E-state index is 0.752. The molecule has 0 unspecified atom stereocenters. The molecular formula is C12H16N2O. The van der Waals surface area contributed by atoms with E-state index in [2.05, 4.69) is 5.10 Å². The molecule has 2 spiro atoms. The zero-order valence-corrected chi connectivity index (χ0v) is 9.07. The highest BCUT2D eigenvalue weighted by Gasteiger charge is 2.86. The highest BCUT2D eigenvalue weighted by Crippen LogP contribution is 2.92. The van der Waals surface area contributed by atoms with Crippen molar-refractivity contribution in [2.24, 2.45) is 23.8 Å². The van der Waals surface area contributed by atoms with Gasteiger partial charge in [0.1, 0.15) is 0 Å². The summed E-state index contributed by atoms with van der Waals surface area (Å²) in [6, 6.07) is 1.95. The van der Waals surface area contributed by atoms with Crippen molar-refractivity contribution in [1.82, 2.24) is 9.78 Å². The highest BCUT2D eigenvalue weighted by molar-refractivity contribution is 5.34. The summed E-state index contributed by atoms with van der Waals surface area (Å²) in [6.45, 7) is 0.900. The van der Waals surface area contributed by atoms with Crippen molar-refractivity contribution in [3.63, 3.8) is 0 Å². The Bertz CT molecular complexity index is 397. The molecule has 3 saturated carbocycles. The quantitative estimate of drug-likeness (QED) is 0.753. The molecule has 0 saturated heterocycles. The van der Waals surface area contributed by atoms with Gasteiger partial charge in [0.25, 0.3) is 0 Å². The van der Waals surface area contributed by atoms with E-state index < -0.39 is 0 Å². The fourth-order valence-corrected chi connectivity index (χ4v) is 3.76. The first-order chi connectivity index (χ1) is 7.27. The number of hydrogen-bond donors (Lipinski definition) is 0. The molecule has 80 valence electrons. The lowest BCUT2D eigenvalue weighted by Gasteiger charge is -2.00. The van der Waals surface area contributed by atoms with Gasteiger partial charge < -0.3 is 4.74 Å². The first-order valence-corrected chi connectivity index (χ1v) is 5.89. The molecule has 0 aliphatic heterocycles. The van der Waals surface area contributed by atoms with E-state index in [0.29, 0.717) is 0 Å². The summed E-state index contributed by atoms with van der Waals surface area (Å²) >= 11 is 0. The average molecular weight is 204 g/mol. The lowest BCUT2D eigenvalue weighted by molar-refractivity contribution is 0.271. The lowest BCUT2D eigenvalue weighted by Crippen LogP contribution is -2.03. The van der Waals surface area contributed by atoms with Crippen LogP contribution in [0, 0.1) is 16.7 Å². The van der Waals surface area contributed by atoms with E-state index in [-0.39, 0.29) is 0 Å². The standard InChI is InChI=1S/C12H16N2O/c1-14-7-2-10(13-14)15-8-9-11(3-4-11)12(9)5-6-12/h2,7,9H,3-6,8H2,1H3. The van der Waals surface area contributed by atoms with Gasteiger partial charge in [0.2, 0.25) is 5.88 Å². The first-order valence-electron chi connectivity index (χ1n) is 5.89. The zero-order valence-electron chi connectivity index (χ0n) is 9.07. The Morgan fingerprint density at radius 2 is 2.07 bits per heavy atom. The van der Waals surface area contributed by atoms with E-state index >= 15 is 0 Å². The smallest absolute Gasteiger partial charge is 0.232 e. The molecule has 1 aromatic rings. The van der Waals surface area contributed by atoms with E-state index in [0.717, 1.165) is 29.2 Å². The minimum Gasteiger partial charge on any atom is -0.476 e. The van der Waals surface area contributed by atoms with Crippen LogP contribution in [0.5, 0.6) is 5.88 Å². The second-order valence-electron chi connectivity index (χ2n) is 5.50. The van der Waals surface area contributed by atoms with E-state index in [4.69, 9.17) is 4.74 Å². The fraction of sp³-hybridized carbons (Fsp3) is 0.750. The SMILES string of the molecule is Cn1ccc(OCC2C3(CC3)C23CC3)n1. The van der Waals surface area contributed by atoms with Gasteiger partial charge in [0.15, 0.2) is 0 Å². The van der Waals surface area contributed by atoms with Crippen molar-refractivity contribution in [2.75, 3.05) is 6.61 Å².